The standard InChI is InChI=1S/C23H21ClFN3O4/c24-16-6-4-14(5-7-16)20-11-19(22(30)26-21(12-29)15-8-9-32-13-15)23(31)28(27-20)18-3-1-2-17(25)10-18/h1-7,10-11,15,21,29H,8-9,12-13H2,(H,26,30)/t15-,21?/m0/s1. The van der Waals surface area contributed by atoms with Crippen molar-refractivity contribution in [2.45, 2.75) is 12.5 Å². The minimum atomic E-state index is -0.704. The van der Waals surface area contributed by atoms with Gasteiger partial charge in [-0.15, -0.1) is 0 Å². The van der Waals surface area contributed by atoms with Crippen LogP contribution in [0.1, 0.15) is 16.8 Å². The van der Waals surface area contributed by atoms with Crippen LogP contribution in [0.15, 0.2) is 59.4 Å². The van der Waals surface area contributed by atoms with E-state index in [1.165, 1.54) is 24.3 Å². The van der Waals surface area contributed by atoms with E-state index in [9.17, 15) is 19.1 Å². The van der Waals surface area contributed by atoms with Crippen LogP contribution in [-0.4, -0.2) is 46.7 Å². The topological polar surface area (TPSA) is 93.4 Å². The third-order valence-corrected chi connectivity index (χ3v) is 5.65. The number of aliphatic hydroxyl groups excluding tert-OH is 1. The maximum atomic E-state index is 13.8. The molecular formula is C23H21ClFN3O4. The Morgan fingerprint density at radius 2 is 2.06 bits per heavy atom. The van der Waals surface area contributed by atoms with Crippen LogP contribution < -0.4 is 10.9 Å². The lowest BCUT2D eigenvalue weighted by molar-refractivity contribution is 0.0875. The van der Waals surface area contributed by atoms with Gasteiger partial charge in [0.05, 0.1) is 30.6 Å². The van der Waals surface area contributed by atoms with Crippen molar-refractivity contribution in [3.8, 4) is 16.9 Å². The molecule has 4 rings (SSSR count). The van der Waals surface area contributed by atoms with Gasteiger partial charge in [0.2, 0.25) is 0 Å². The number of carbonyl (C=O) groups excluding carboxylic acids is 1. The van der Waals surface area contributed by atoms with Crippen molar-refractivity contribution in [2.24, 2.45) is 5.92 Å². The van der Waals surface area contributed by atoms with Crippen molar-refractivity contribution in [2.75, 3.05) is 19.8 Å². The molecule has 166 valence electrons. The maximum Gasteiger partial charge on any atom is 0.284 e. The summed E-state index contributed by atoms with van der Waals surface area (Å²) in [6.07, 6.45) is 0.700. The molecule has 9 heteroatoms. The van der Waals surface area contributed by atoms with Crippen molar-refractivity contribution in [3.05, 3.63) is 81.4 Å². The molecule has 2 N–H and O–H groups in total. The summed E-state index contributed by atoms with van der Waals surface area (Å²) in [5, 5.41) is 17.4. The van der Waals surface area contributed by atoms with Gasteiger partial charge in [0.1, 0.15) is 11.4 Å². The fourth-order valence-electron chi connectivity index (χ4n) is 3.63. The summed E-state index contributed by atoms with van der Waals surface area (Å²) in [5.74, 6) is -1.24. The Bertz CT molecular complexity index is 1180. The Balaban J connectivity index is 1.78. The smallest absolute Gasteiger partial charge is 0.284 e. The number of aromatic nitrogens is 2. The number of halogens is 2. The quantitative estimate of drug-likeness (QED) is 0.593. The second-order valence-electron chi connectivity index (χ2n) is 7.53. The van der Waals surface area contributed by atoms with Crippen molar-refractivity contribution in [3.63, 3.8) is 0 Å². The van der Waals surface area contributed by atoms with E-state index in [1.807, 2.05) is 0 Å². The Labute approximate surface area is 188 Å². The van der Waals surface area contributed by atoms with Crippen LogP contribution in [-0.2, 0) is 4.74 Å². The Morgan fingerprint density at radius 1 is 1.28 bits per heavy atom. The van der Waals surface area contributed by atoms with Crippen molar-refractivity contribution in [1.29, 1.82) is 0 Å². The molecule has 1 saturated heterocycles. The largest absolute Gasteiger partial charge is 0.394 e. The number of hydrogen-bond acceptors (Lipinski definition) is 5. The number of aliphatic hydroxyl groups is 1. The van der Waals surface area contributed by atoms with Gasteiger partial charge in [-0.25, -0.2) is 4.39 Å². The van der Waals surface area contributed by atoms with Crippen LogP contribution in [0.25, 0.3) is 16.9 Å². The fourth-order valence-corrected chi connectivity index (χ4v) is 3.76. The van der Waals surface area contributed by atoms with Gasteiger partial charge < -0.3 is 15.2 Å². The maximum absolute atomic E-state index is 13.8. The highest BCUT2D eigenvalue weighted by Gasteiger charge is 2.28. The summed E-state index contributed by atoms with van der Waals surface area (Å²) >= 11 is 5.97. The van der Waals surface area contributed by atoms with Gasteiger partial charge in [0.15, 0.2) is 0 Å². The first-order valence-corrected chi connectivity index (χ1v) is 10.5. The third kappa shape index (κ3) is 4.72. The van der Waals surface area contributed by atoms with Crippen LogP contribution >= 0.6 is 11.6 Å². The zero-order valence-corrected chi connectivity index (χ0v) is 17.8. The van der Waals surface area contributed by atoms with Crippen LogP contribution in [0, 0.1) is 11.7 Å². The predicted octanol–water partition coefficient (Wildman–Crippen LogP) is 2.82. The Morgan fingerprint density at radius 3 is 2.72 bits per heavy atom. The SMILES string of the molecule is O=C(NC(CO)[C@H]1CCOC1)c1cc(-c2ccc(Cl)cc2)nn(-c2cccc(F)c2)c1=O. The molecular weight excluding hydrogens is 437 g/mol. The summed E-state index contributed by atoms with van der Waals surface area (Å²) in [5.41, 5.74) is 0.261. The molecule has 1 amide bonds. The summed E-state index contributed by atoms with van der Waals surface area (Å²) in [7, 11) is 0. The molecule has 0 aliphatic carbocycles. The van der Waals surface area contributed by atoms with Crippen LogP contribution in [0.4, 0.5) is 4.39 Å². The van der Waals surface area contributed by atoms with Crippen molar-refractivity contribution < 1.29 is 19.0 Å². The molecule has 1 aliphatic heterocycles. The lowest BCUT2D eigenvalue weighted by atomic mass is 9.99. The van der Waals surface area contributed by atoms with Crippen molar-refractivity contribution in [1.82, 2.24) is 15.1 Å². The molecule has 0 bridgehead atoms. The highest BCUT2D eigenvalue weighted by molar-refractivity contribution is 6.30. The molecule has 1 aromatic heterocycles. The van der Waals surface area contributed by atoms with E-state index in [0.717, 1.165) is 10.7 Å². The minimum Gasteiger partial charge on any atom is -0.394 e. The van der Waals surface area contributed by atoms with E-state index in [0.29, 0.717) is 35.9 Å². The second-order valence-corrected chi connectivity index (χ2v) is 7.97. The summed E-state index contributed by atoms with van der Waals surface area (Å²) < 4.78 is 20.2. The molecule has 0 spiro atoms. The van der Waals surface area contributed by atoms with Gasteiger partial charge in [-0.05, 0) is 42.8 Å². The van der Waals surface area contributed by atoms with E-state index >= 15 is 0 Å². The average molecular weight is 458 g/mol. The molecule has 1 aliphatic rings. The van der Waals surface area contributed by atoms with E-state index in [2.05, 4.69) is 10.4 Å². The summed E-state index contributed by atoms with van der Waals surface area (Å²) in [6, 6.07) is 13.0. The molecule has 2 heterocycles. The number of nitrogens with zero attached hydrogens (tertiary/aromatic N) is 2. The van der Waals surface area contributed by atoms with Gasteiger partial charge >= 0.3 is 0 Å². The first-order valence-electron chi connectivity index (χ1n) is 10.1. The Hall–Kier alpha value is -3.07. The number of hydrogen-bond donors (Lipinski definition) is 2. The predicted molar refractivity (Wildman–Crippen MR) is 118 cm³/mol. The third-order valence-electron chi connectivity index (χ3n) is 5.40. The minimum absolute atomic E-state index is 0.0491. The molecule has 32 heavy (non-hydrogen) atoms. The lowest BCUT2D eigenvalue weighted by Gasteiger charge is -2.21. The molecule has 1 unspecified atom stereocenters. The normalized spacial score (nSPS) is 16.7. The van der Waals surface area contributed by atoms with Gasteiger partial charge in [0.25, 0.3) is 11.5 Å². The van der Waals surface area contributed by atoms with Gasteiger partial charge in [-0.1, -0.05) is 29.8 Å². The Kier molecular flexibility index (Phi) is 6.64. The van der Waals surface area contributed by atoms with Crippen molar-refractivity contribution >= 4 is 17.5 Å². The fraction of sp³-hybridized carbons (Fsp3) is 0.261. The van der Waals surface area contributed by atoms with Gasteiger partial charge in [-0.3, -0.25) is 9.59 Å². The van der Waals surface area contributed by atoms with E-state index in [4.69, 9.17) is 16.3 Å². The van der Waals surface area contributed by atoms with Gasteiger partial charge in [0, 0.05) is 23.1 Å². The van der Waals surface area contributed by atoms with E-state index in [1.54, 1.807) is 24.3 Å². The number of benzene rings is 2. The van der Waals surface area contributed by atoms with E-state index < -0.39 is 23.3 Å². The molecule has 3 aromatic rings. The van der Waals surface area contributed by atoms with E-state index in [-0.39, 0.29) is 23.8 Å². The molecule has 0 saturated carbocycles. The zero-order chi connectivity index (χ0) is 22.7. The monoisotopic (exact) mass is 457 g/mol. The summed E-state index contributed by atoms with van der Waals surface area (Å²) in [4.78, 5) is 26.2. The number of ether oxygens (including phenoxy) is 1. The summed E-state index contributed by atoms with van der Waals surface area (Å²) in [6.45, 7) is 0.692. The number of carbonyl (C=O) groups is 1. The molecule has 0 radical (unpaired) electrons. The highest BCUT2D eigenvalue weighted by atomic mass is 35.5. The highest BCUT2D eigenvalue weighted by Crippen LogP contribution is 2.21. The average Bonchev–Trinajstić information content (AvgIpc) is 3.33. The van der Waals surface area contributed by atoms with Crippen LogP contribution in [0.3, 0.4) is 0 Å². The van der Waals surface area contributed by atoms with Crippen LogP contribution in [0.5, 0.6) is 0 Å². The second kappa shape index (κ2) is 9.60. The number of amides is 1. The number of rotatable bonds is 6. The molecule has 1 fully saturated rings. The first kappa shape index (κ1) is 22.1. The molecule has 2 atom stereocenters. The molecule has 2 aromatic carbocycles. The number of nitrogens with one attached hydrogen (secondary N) is 1. The van der Waals surface area contributed by atoms with Gasteiger partial charge in [-0.2, -0.15) is 9.78 Å². The lowest BCUT2D eigenvalue weighted by Crippen LogP contribution is -2.45. The first-order chi connectivity index (χ1) is 15.5. The molecule has 7 nitrogen and oxygen atoms in total. The van der Waals surface area contributed by atoms with Crippen LogP contribution in [0.2, 0.25) is 5.02 Å². The zero-order valence-electron chi connectivity index (χ0n) is 17.0.